The summed E-state index contributed by atoms with van der Waals surface area (Å²) in [5, 5.41) is 6.45. The van der Waals surface area contributed by atoms with E-state index in [1.807, 2.05) is 0 Å². The summed E-state index contributed by atoms with van der Waals surface area (Å²) in [5.41, 5.74) is 0.678. The second-order valence-electron chi connectivity index (χ2n) is 3.59. The van der Waals surface area contributed by atoms with Gasteiger partial charge in [0.2, 0.25) is 0 Å². The highest BCUT2D eigenvalue weighted by Crippen LogP contribution is 2.30. The number of nitrogens with zero attached hydrogens (tertiary/aromatic N) is 1. The molecule has 8 heteroatoms. The number of aromatic nitrogens is 2. The molecule has 0 saturated heterocycles. The first-order valence-corrected chi connectivity index (χ1v) is 7.12. The van der Waals surface area contributed by atoms with Crippen molar-refractivity contribution >= 4 is 39.0 Å². The van der Waals surface area contributed by atoms with Gasteiger partial charge in [0, 0.05) is 5.56 Å². The Hall–Kier alpha value is -1.24. The van der Waals surface area contributed by atoms with E-state index < -0.39 is 10.0 Å². The van der Waals surface area contributed by atoms with Crippen LogP contribution >= 0.6 is 23.2 Å². The summed E-state index contributed by atoms with van der Waals surface area (Å²) in [4.78, 5) is -0.0781. The van der Waals surface area contributed by atoms with E-state index in [2.05, 4.69) is 14.9 Å². The first-order valence-electron chi connectivity index (χ1n) is 4.88. The number of hydrogen-bond donors (Lipinski definition) is 2. The number of nitrogens with one attached hydrogen (secondary N) is 2. The number of aromatic amines is 1. The van der Waals surface area contributed by atoms with Crippen molar-refractivity contribution in [3.05, 3.63) is 40.0 Å². The van der Waals surface area contributed by atoms with Crippen LogP contribution in [-0.4, -0.2) is 18.6 Å². The number of benzene rings is 1. The van der Waals surface area contributed by atoms with Crippen molar-refractivity contribution < 1.29 is 8.42 Å². The van der Waals surface area contributed by atoms with Gasteiger partial charge in [0.05, 0.1) is 16.2 Å². The molecule has 0 aliphatic rings. The predicted molar refractivity (Wildman–Crippen MR) is 70.6 cm³/mol. The number of halogens is 2. The maximum atomic E-state index is 12.1. The fourth-order valence-corrected chi connectivity index (χ4v) is 3.18. The molecule has 0 aliphatic heterocycles. The van der Waals surface area contributed by atoms with E-state index in [0.29, 0.717) is 11.4 Å². The number of anilines is 1. The molecule has 2 N–H and O–H groups in total. The second kappa shape index (κ2) is 4.79. The van der Waals surface area contributed by atoms with Gasteiger partial charge in [-0.1, -0.05) is 29.3 Å². The predicted octanol–water partition coefficient (Wildman–Crippen LogP) is 2.83. The van der Waals surface area contributed by atoms with Gasteiger partial charge in [0.15, 0.2) is 0 Å². The summed E-state index contributed by atoms with van der Waals surface area (Å²) in [7, 11) is -3.80. The average molecular weight is 306 g/mol. The molecule has 0 bridgehead atoms. The SMILES string of the molecule is Cc1cn[nH]c1NS(=O)(=O)c1cccc(Cl)c1Cl. The lowest BCUT2D eigenvalue weighted by Crippen LogP contribution is -2.14. The minimum absolute atomic E-state index is 0.0103. The molecule has 0 atom stereocenters. The Morgan fingerprint density at radius 1 is 1.33 bits per heavy atom. The fraction of sp³-hybridized carbons (Fsp3) is 0.100. The van der Waals surface area contributed by atoms with Crippen LogP contribution in [0.2, 0.25) is 10.0 Å². The number of sulfonamides is 1. The molecule has 18 heavy (non-hydrogen) atoms. The Kier molecular flexibility index (Phi) is 3.52. The van der Waals surface area contributed by atoms with Crippen LogP contribution in [0.3, 0.4) is 0 Å². The van der Waals surface area contributed by atoms with E-state index >= 15 is 0 Å². The fourth-order valence-electron chi connectivity index (χ4n) is 1.33. The smallest absolute Gasteiger partial charge is 0.263 e. The molecular formula is C10H9Cl2N3O2S. The van der Waals surface area contributed by atoms with Crippen LogP contribution in [0.15, 0.2) is 29.3 Å². The van der Waals surface area contributed by atoms with Crippen molar-refractivity contribution in [3.63, 3.8) is 0 Å². The van der Waals surface area contributed by atoms with Crippen LogP contribution < -0.4 is 4.72 Å². The third-order valence-electron chi connectivity index (χ3n) is 2.27. The van der Waals surface area contributed by atoms with Crippen molar-refractivity contribution in [3.8, 4) is 0 Å². The first-order chi connectivity index (χ1) is 8.42. The van der Waals surface area contributed by atoms with Crippen LogP contribution in [0.25, 0.3) is 0 Å². The van der Waals surface area contributed by atoms with Crippen molar-refractivity contribution in [2.45, 2.75) is 11.8 Å². The number of aryl methyl sites for hydroxylation is 1. The zero-order valence-electron chi connectivity index (χ0n) is 9.24. The maximum absolute atomic E-state index is 12.1. The molecule has 0 aliphatic carbocycles. The summed E-state index contributed by atoms with van der Waals surface area (Å²) in [6, 6.07) is 4.41. The Labute approximate surface area is 114 Å². The minimum atomic E-state index is -3.80. The third kappa shape index (κ3) is 2.45. The van der Waals surface area contributed by atoms with E-state index in [-0.39, 0.29) is 14.9 Å². The van der Waals surface area contributed by atoms with Gasteiger partial charge in [-0.15, -0.1) is 0 Å². The van der Waals surface area contributed by atoms with Crippen molar-refractivity contribution in [1.29, 1.82) is 0 Å². The number of H-pyrrole nitrogens is 1. The number of rotatable bonds is 3. The lowest BCUT2D eigenvalue weighted by Gasteiger charge is -2.09. The van der Waals surface area contributed by atoms with Gasteiger partial charge in [-0.25, -0.2) is 8.42 Å². The van der Waals surface area contributed by atoms with E-state index in [9.17, 15) is 8.42 Å². The van der Waals surface area contributed by atoms with Crippen molar-refractivity contribution in [2.75, 3.05) is 4.72 Å². The molecule has 2 aromatic rings. The molecule has 1 aromatic heterocycles. The van der Waals surface area contributed by atoms with E-state index in [1.165, 1.54) is 24.4 Å². The number of hydrogen-bond acceptors (Lipinski definition) is 3. The molecule has 0 fully saturated rings. The Balaban J connectivity index is 2.43. The van der Waals surface area contributed by atoms with Crippen LogP contribution in [0.4, 0.5) is 5.82 Å². The monoisotopic (exact) mass is 305 g/mol. The standard InChI is InChI=1S/C10H9Cl2N3O2S/c1-6-5-13-14-10(6)15-18(16,17)8-4-2-3-7(11)9(8)12/h2-5H,1H3,(H2,13,14,15). The molecule has 0 saturated carbocycles. The zero-order valence-corrected chi connectivity index (χ0v) is 11.6. The van der Waals surface area contributed by atoms with Crippen molar-refractivity contribution in [1.82, 2.24) is 10.2 Å². The van der Waals surface area contributed by atoms with Crippen LogP contribution in [0, 0.1) is 6.92 Å². The molecule has 0 spiro atoms. The topological polar surface area (TPSA) is 74.8 Å². The molecule has 1 heterocycles. The highest BCUT2D eigenvalue weighted by Gasteiger charge is 2.20. The quantitative estimate of drug-likeness (QED) is 0.915. The molecule has 0 radical (unpaired) electrons. The zero-order chi connectivity index (χ0) is 13.3. The molecular weight excluding hydrogens is 297 g/mol. The molecule has 1 aromatic carbocycles. The minimum Gasteiger partial charge on any atom is -0.263 e. The Morgan fingerprint density at radius 2 is 2.06 bits per heavy atom. The second-order valence-corrected chi connectivity index (χ2v) is 6.02. The molecule has 2 rings (SSSR count). The van der Waals surface area contributed by atoms with Crippen LogP contribution in [0.5, 0.6) is 0 Å². The summed E-state index contributed by atoms with van der Waals surface area (Å²) < 4.78 is 26.6. The highest BCUT2D eigenvalue weighted by molar-refractivity contribution is 7.92. The van der Waals surface area contributed by atoms with Gasteiger partial charge in [-0.05, 0) is 19.1 Å². The maximum Gasteiger partial charge on any atom is 0.264 e. The lowest BCUT2D eigenvalue weighted by atomic mass is 10.4. The largest absolute Gasteiger partial charge is 0.264 e. The average Bonchev–Trinajstić information content (AvgIpc) is 2.67. The van der Waals surface area contributed by atoms with Gasteiger partial charge in [-0.3, -0.25) is 9.82 Å². The Bertz CT molecular complexity index is 682. The lowest BCUT2D eigenvalue weighted by molar-refractivity contribution is 0.601. The van der Waals surface area contributed by atoms with Crippen LogP contribution in [0.1, 0.15) is 5.56 Å². The normalized spacial score (nSPS) is 11.5. The van der Waals surface area contributed by atoms with Gasteiger partial charge in [-0.2, -0.15) is 5.10 Å². The van der Waals surface area contributed by atoms with Gasteiger partial charge in [0.25, 0.3) is 10.0 Å². The molecule has 5 nitrogen and oxygen atoms in total. The van der Waals surface area contributed by atoms with Gasteiger partial charge < -0.3 is 0 Å². The highest BCUT2D eigenvalue weighted by atomic mass is 35.5. The van der Waals surface area contributed by atoms with E-state index in [0.717, 1.165) is 0 Å². The van der Waals surface area contributed by atoms with E-state index in [4.69, 9.17) is 23.2 Å². The summed E-state index contributed by atoms with van der Waals surface area (Å²) in [6.45, 7) is 1.72. The van der Waals surface area contributed by atoms with E-state index in [1.54, 1.807) is 6.92 Å². The third-order valence-corrected chi connectivity index (χ3v) is 4.59. The molecule has 0 unspecified atom stereocenters. The van der Waals surface area contributed by atoms with Crippen molar-refractivity contribution in [2.24, 2.45) is 0 Å². The molecule has 0 amide bonds. The van der Waals surface area contributed by atoms with Gasteiger partial charge in [0.1, 0.15) is 10.7 Å². The van der Waals surface area contributed by atoms with Gasteiger partial charge >= 0.3 is 0 Å². The first kappa shape index (κ1) is 13.2. The molecule has 96 valence electrons. The van der Waals surface area contributed by atoms with Crippen LogP contribution in [-0.2, 0) is 10.0 Å². The summed E-state index contributed by atoms with van der Waals surface area (Å²) in [5.74, 6) is 0.297. The summed E-state index contributed by atoms with van der Waals surface area (Å²) in [6.07, 6.45) is 1.51. The Morgan fingerprint density at radius 3 is 2.67 bits per heavy atom. The summed E-state index contributed by atoms with van der Waals surface area (Å²) >= 11 is 11.7.